The van der Waals surface area contributed by atoms with Gasteiger partial charge >= 0.3 is 0 Å². The van der Waals surface area contributed by atoms with Crippen molar-refractivity contribution in [1.82, 2.24) is 0 Å². The molecule has 0 aromatic heterocycles. The third kappa shape index (κ3) is 3.20. The Morgan fingerprint density at radius 2 is 1.43 bits per heavy atom. The van der Waals surface area contributed by atoms with E-state index >= 15 is 0 Å². The molecule has 1 nitrogen and oxygen atoms in total. The standard InChI is InChI=1S/C19H24NP/c1-15(18-13-8-14-19(18)20)21(16-9-4-2-5-10-16)17-11-6-3-7-12-17/h2-7,9-12,15,18-19H,8,13-14,20H2,1H3/t15-,18?,19?/m0/s1. The summed E-state index contributed by atoms with van der Waals surface area (Å²) in [5.41, 5.74) is 7.03. The zero-order chi connectivity index (χ0) is 14.7. The van der Waals surface area contributed by atoms with Gasteiger partial charge in [0.25, 0.3) is 0 Å². The van der Waals surface area contributed by atoms with Gasteiger partial charge < -0.3 is 5.73 Å². The normalized spacial score (nSPS) is 23.4. The Labute approximate surface area is 129 Å². The Balaban J connectivity index is 1.96. The average molecular weight is 297 g/mol. The van der Waals surface area contributed by atoms with Gasteiger partial charge in [-0.25, -0.2) is 0 Å². The SMILES string of the molecule is C[C@@H](C1CCCC1N)P(c1ccccc1)c1ccccc1. The van der Waals surface area contributed by atoms with Gasteiger partial charge in [0.05, 0.1) is 0 Å². The Hall–Kier alpha value is -1.17. The van der Waals surface area contributed by atoms with Gasteiger partial charge in [0, 0.05) is 6.04 Å². The van der Waals surface area contributed by atoms with Crippen molar-refractivity contribution >= 4 is 18.5 Å². The van der Waals surface area contributed by atoms with E-state index < -0.39 is 0 Å². The smallest absolute Gasteiger partial charge is 0.00733 e. The van der Waals surface area contributed by atoms with Crippen LogP contribution < -0.4 is 16.3 Å². The van der Waals surface area contributed by atoms with E-state index in [9.17, 15) is 0 Å². The second-order valence-corrected chi connectivity index (χ2v) is 8.63. The summed E-state index contributed by atoms with van der Waals surface area (Å²) in [6, 6.07) is 22.4. The van der Waals surface area contributed by atoms with E-state index in [0.29, 0.717) is 17.6 Å². The minimum absolute atomic E-state index is 0.330. The van der Waals surface area contributed by atoms with Crippen LogP contribution in [0.15, 0.2) is 60.7 Å². The van der Waals surface area contributed by atoms with Crippen LogP contribution in [0.25, 0.3) is 0 Å². The van der Waals surface area contributed by atoms with Gasteiger partial charge in [-0.15, -0.1) is 0 Å². The molecule has 0 spiro atoms. The minimum atomic E-state index is -0.330. The first-order valence-corrected chi connectivity index (χ1v) is 9.33. The molecule has 3 rings (SSSR count). The maximum absolute atomic E-state index is 6.38. The van der Waals surface area contributed by atoms with E-state index in [2.05, 4.69) is 67.6 Å². The second kappa shape index (κ2) is 6.73. The molecule has 2 N–H and O–H groups in total. The Kier molecular flexibility index (Phi) is 4.73. The molecular weight excluding hydrogens is 273 g/mol. The predicted molar refractivity (Wildman–Crippen MR) is 93.9 cm³/mol. The molecule has 0 radical (unpaired) electrons. The number of nitrogens with two attached hydrogens (primary N) is 1. The molecule has 0 saturated heterocycles. The average Bonchev–Trinajstić information content (AvgIpc) is 2.96. The van der Waals surface area contributed by atoms with Crippen molar-refractivity contribution in [2.75, 3.05) is 0 Å². The molecule has 2 unspecified atom stereocenters. The van der Waals surface area contributed by atoms with Crippen LogP contribution in [-0.4, -0.2) is 11.7 Å². The van der Waals surface area contributed by atoms with Crippen LogP contribution >= 0.6 is 7.92 Å². The summed E-state index contributed by atoms with van der Waals surface area (Å²) in [6.07, 6.45) is 3.78. The molecule has 0 amide bonds. The fourth-order valence-electron chi connectivity index (χ4n) is 3.60. The molecule has 2 heteroatoms. The van der Waals surface area contributed by atoms with E-state index in [1.54, 1.807) is 0 Å². The third-order valence-corrected chi connectivity index (χ3v) is 7.63. The van der Waals surface area contributed by atoms with Crippen molar-refractivity contribution in [3.63, 3.8) is 0 Å². The van der Waals surface area contributed by atoms with Crippen LogP contribution in [0.3, 0.4) is 0 Å². The summed E-state index contributed by atoms with van der Waals surface area (Å²) in [4.78, 5) is 0. The molecule has 1 fully saturated rings. The summed E-state index contributed by atoms with van der Waals surface area (Å²) in [6.45, 7) is 2.42. The first kappa shape index (κ1) is 14.8. The van der Waals surface area contributed by atoms with Crippen LogP contribution in [0.4, 0.5) is 0 Å². The van der Waals surface area contributed by atoms with Crippen molar-refractivity contribution in [3.05, 3.63) is 60.7 Å². The summed E-state index contributed by atoms with van der Waals surface area (Å²) in [5.74, 6) is 0.663. The van der Waals surface area contributed by atoms with E-state index in [0.717, 1.165) is 0 Å². The van der Waals surface area contributed by atoms with Crippen molar-refractivity contribution in [2.45, 2.75) is 37.9 Å². The lowest BCUT2D eigenvalue weighted by atomic mass is 10.0. The van der Waals surface area contributed by atoms with Gasteiger partial charge in [0.15, 0.2) is 0 Å². The topological polar surface area (TPSA) is 26.0 Å². The Morgan fingerprint density at radius 1 is 0.905 bits per heavy atom. The quantitative estimate of drug-likeness (QED) is 0.857. The van der Waals surface area contributed by atoms with Gasteiger partial charge in [0.2, 0.25) is 0 Å². The minimum Gasteiger partial charge on any atom is -0.327 e. The predicted octanol–water partition coefficient (Wildman–Crippen LogP) is 3.64. The zero-order valence-electron chi connectivity index (χ0n) is 12.7. The lowest BCUT2D eigenvalue weighted by Gasteiger charge is -2.32. The number of hydrogen-bond donors (Lipinski definition) is 1. The van der Waals surface area contributed by atoms with Gasteiger partial charge in [-0.05, 0) is 42.9 Å². The van der Waals surface area contributed by atoms with Gasteiger partial charge in [-0.3, -0.25) is 0 Å². The number of hydrogen-bond acceptors (Lipinski definition) is 1. The van der Waals surface area contributed by atoms with Crippen LogP contribution in [0.1, 0.15) is 26.2 Å². The molecule has 2 aromatic rings. The highest BCUT2D eigenvalue weighted by Gasteiger charge is 2.34. The van der Waals surface area contributed by atoms with Gasteiger partial charge in [0.1, 0.15) is 0 Å². The largest absolute Gasteiger partial charge is 0.327 e. The van der Waals surface area contributed by atoms with Crippen molar-refractivity contribution in [3.8, 4) is 0 Å². The lowest BCUT2D eigenvalue weighted by Crippen LogP contribution is -2.34. The molecule has 1 aliphatic rings. The van der Waals surface area contributed by atoms with E-state index in [1.165, 1.54) is 29.9 Å². The number of benzene rings is 2. The van der Waals surface area contributed by atoms with Crippen LogP contribution in [0, 0.1) is 5.92 Å². The molecule has 0 heterocycles. The Bertz CT molecular complexity index is 515. The fraction of sp³-hybridized carbons (Fsp3) is 0.368. The first-order chi connectivity index (χ1) is 10.3. The number of rotatable bonds is 4. The van der Waals surface area contributed by atoms with E-state index in [4.69, 9.17) is 5.73 Å². The fourth-order valence-corrected chi connectivity index (χ4v) is 6.58. The Morgan fingerprint density at radius 3 is 1.86 bits per heavy atom. The summed E-state index contributed by atoms with van der Waals surface area (Å²) in [5, 5.41) is 2.95. The molecule has 0 bridgehead atoms. The molecule has 21 heavy (non-hydrogen) atoms. The highest BCUT2D eigenvalue weighted by atomic mass is 31.1. The first-order valence-electron chi connectivity index (χ1n) is 7.92. The molecule has 0 aliphatic heterocycles. The maximum Gasteiger partial charge on any atom is 0.00733 e. The van der Waals surface area contributed by atoms with Crippen LogP contribution in [0.2, 0.25) is 0 Å². The monoisotopic (exact) mass is 297 g/mol. The van der Waals surface area contributed by atoms with E-state index in [-0.39, 0.29) is 7.92 Å². The van der Waals surface area contributed by atoms with Crippen LogP contribution in [-0.2, 0) is 0 Å². The highest BCUT2D eigenvalue weighted by molar-refractivity contribution is 7.73. The van der Waals surface area contributed by atoms with Crippen molar-refractivity contribution in [1.29, 1.82) is 0 Å². The molecule has 1 saturated carbocycles. The molecule has 2 aromatic carbocycles. The van der Waals surface area contributed by atoms with Crippen molar-refractivity contribution in [2.24, 2.45) is 11.7 Å². The summed E-state index contributed by atoms with van der Waals surface area (Å²) >= 11 is 0. The highest BCUT2D eigenvalue weighted by Crippen LogP contribution is 2.46. The second-order valence-electron chi connectivity index (χ2n) is 6.04. The zero-order valence-corrected chi connectivity index (χ0v) is 13.5. The molecule has 1 aliphatic carbocycles. The van der Waals surface area contributed by atoms with E-state index in [1.807, 2.05) is 0 Å². The summed E-state index contributed by atoms with van der Waals surface area (Å²) in [7, 11) is -0.330. The van der Waals surface area contributed by atoms with Gasteiger partial charge in [-0.1, -0.05) is 74.0 Å². The van der Waals surface area contributed by atoms with Crippen LogP contribution in [0.5, 0.6) is 0 Å². The van der Waals surface area contributed by atoms with Crippen molar-refractivity contribution < 1.29 is 0 Å². The maximum atomic E-state index is 6.38. The lowest BCUT2D eigenvalue weighted by molar-refractivity contribution is 0.475. The summed E-state index contributed by atoms with van der Waals surface area (Å²) < 4.78 is 0. The molecule has 3 atom stereocenters. The third-order valence-electron chi connectivity index (χ3n) is 4.72. The molecule has 110 valence electrons. The molecular formula is C19H24NP. The van der Waals surface area contributed by atoms with Gasteiger partial charge in [-0.2, -0.15) is 0 Å².